The zero-order chi connectivity index (χ0) is 16.2. The number of ether oxygens (including phenoxy) is 3. The van der Waals surface area contributed by atoms with Crippen LogP contribution in [-0.2, 0) is 11.3 Å². The van der Waals surface area contributed by atoms with Gasteiger partial charge in [-0.2, -0.15) is 0 Å². The molecule has 0 spiro atoms. The van der Waals surface area contributed by atoms with Gasteiger partial charge >= 0.3 is 0 Å². The number of hydrogen-bond donors (Lipinski definition) is 2. The van der Waals surface area contributed by atoms with Gasteiger partial charge in [0.15, 0.2) is 17.5 Å². The lowest BCUT2D eigenvalue weighted by Crippen LogP contribution is -2.37. The maximum Gasteiger partial charge on any atom is 0.191 e. The molecule has 1 aromatic carbocycles. The van der Waals surface area contributed by atoms with Crippen LogP contribution in [0.3, 0.4) is 0 Å². The van der Waals surface area contributed by atoms with Gasteiger partial charge in [0.25, 0.3) is 0 Å². The van der Waals surface area contributed by atoms with Gasteiger partial charge in [-0.1, -0.05) is 6.07 Å². The van der Waals surface area contributed by atoms with E-state index in [1.807, 2.05) is 25.1 Å². The number of methoxy groups -OCH3 is 2. The molecule has 0 bridgehead atoms. The molecule has 2 N–H and O–H groups in total. The number of benzene rings is 1. The van der Waals surface area contributed by atoms with E-state index in [9.17, 15) is 0 Å². The van der Waals surface area contributed by atoms with Crippen LogP contribution in [0, 0.1) is 0 Å². The summed E-state index contributed by atoms with van der Waals surface area (Å²) < 4.78 is 15.8. The summed E-state index contributed by atoms with van der Waals surface area (Å²) >= 11 is 0. The fourth-order valence-electron chi connectivity index (χ4n) is 1.92. The first kappa shape index (κ1) is 18.1. The lowest BCUT2D eigenvalue weighted by atomic mass is 10.2. The number of rotatable bonds is 9. The van der Waals surface area contributed by atoms with E-state index >= 15 is 0 Å². The first-order valence-corrected chi connectivity index (χ1v) is 7.48. The molecular weight excluding hydrogens is 282 g/mol. The van der Waals surface area contributed by atoms with Crippen LogP contribution in [-0.4, -0.2) is 47.0 Å². The molecule has 0 aromatic heterocycles. The molecule has 6 nitrogen and oxygen atoms in total. The fraction of sp³-hybridized carbons (Fsp3) is 0.562. The van der Waals surface area contributed by atoms with E-state index in [-0.39, 0.29) is 0 Å². The Morgan fingerprint density at radius 2 is 1.91 bits per heavy atom. The predicted molar refractivity (Wildman–Crippen MR) is 88.9 cm³/mol. The highest BCUT2D eigenvalue weighted by Gasteiger charge is 2.05. The summed E-state index contributed by atoms with van der Waals surface area (Å²) in [6.45, 7) is 5.00. The molecule has 1 rings (SSSR count). The standard InChI is InChI=1S/C16H27N3O3/c1-5-22-10-6-9-18-16(17-2)19-12-13-7-8-14(20-3)15(11-13)21-4/h7-8,11H,5-6,9-10,12H2,1-4H3,(H2,17,18,19). The zero-order valence-electron chi connectivity index (χ0n) is 13.9. The van der Waals surface area contributed by atoms with Crippen LogP contribution >= 0.6 is 0 Å². The van der Waals surface area contributed by atoms with Crippen LogP contribution < -0.4 is 20.1 Å². The van der Waals surface area contributed by atoms with E-state index in [0.29, 0.717) is 6.54 Å². The third kappa shape index (κ3) is 6.22. The maximum atomic E-state index is 5.30. The molecule has 0 unspecified atom stereocenters. The predicted octanol–water partition coefficient (Wildman–Crippen LogP) is 1.80. The third-order valence-electron chi connectivity index (χ3n) is 3.09. The van der Waals surface area contributed by atoms with Crippen LogP contribution in [0.1, 0.15) is 18.9 Å². The second-order valence-corrected chi connectivity index (χ2v) is 4.59. The van der Waals surface area contributed by atoms with E-state index in [1.54, 1.807) is 21.3 Å². The van der Waals surface area contributed by atoms with Crippen LogP contribution in [0.25, 0.3) is 0 Å². The van der Waals surface area contributed by atoms with Crippen molar-refractivity contribution in [2.45, 2.75) is 19.9 Å². The summed E-state index contributed by atoms with van der Waals surface area (Å²) in [7, 11) is 5.02. The lowest BCUT2D eigenvalue weighted by Gasteiger charge is -2.13. The number of hydrogen-bond acceptors (Lipinski definition) is 4. The molecule has 22 heavy (non-hydrogen) atoms. The molecule has 0 amide bonds. The highest BCUT2D eigenvalue weighted by Crippen LogP contribution is 2.27. The van der Waals surface area contributed by atoms with Gasteiger partial charge in [0.1, 0.15) is 0 Å². The topological polar surface area (TPSA) is 64.1 Å². The monoisotopic (exact) mass is 309 g/mol. The van der Waals surface area contributed by atoms with Crippen molar-refractivity contribution in [2.24, 2.45) is 4.99 Å². The van der Waals surface area contributed by atoms with E-state index in [4.69, 9.17) is 14.2 Å². The number of nitrogens with zero attached hydrogens (tertiary/aromatic N) is 1. The van der Waals surface area contributed by atoms with Gasteiger partial charge in [-0.15, -0.1) is 0 Å². The van der Waals surface area contributed by atoms with Crippen LogP contribution in [0.2, 0.25) is 0 Å². The Labute approximate surface area is 132 Å². The van der Waals surface area contributed by atoms with Gasteiger partial charge in [-0.3, -0.25) is 4.99 Å². The van der Waals surface area contributed by atoms with E-state index in [2.05, 4.69) is 15.6 Å². The van der Waals surface area contributed by atoms with Gasteiger partial charge in [-0.05, 0) is 31.0 Å². The molecule has 0 heterocycles. The Hall–Kier alpha value is -1.95. The van der Waals surface area contributed by atoms with Crippen molar-refractivity contribution in [1.29, 1.82) is 0 Å². The molecule has 0 aliphatic heterocycles. The van der Waals surface area contributed by atoms with Crippen LogP contribution in [0.4, 0.5) is 0 Å². The molecule has 0 aliphatic carbocycles. The summed E-state index contributed by atoms with van der Waals surface area (Å²) in [6.07, 6.45) is 0.949. The molecule has 0 aliphatic rings. The Bertz CT molecular complexity index is 464. The molecule has 6 heteroatoms. The first-order chi connectivity index (χ1) is 10.7. The second kappa shape index (κ2) is 10.7. The molecule has 0 saturated carbocycles. The van der Waals surface area contributed by atoms with Gasteiger partial charge < -0.3 is 24.8 Å². The lowest BCUT2D eigenvalue weighted by molar-refractivity contribution is 0.145. The minimum Gasteiger partial charge on any atom is -0.493 e. The highest BCUT2D eigenvalue weighted by molar-refractivity contribution is 5.79. The molecule has 124 valence electrons. The second-order valence-electron chi connectivity index (χ2n) is 4.59. The first-order valence-electron chi connectivity index (χ1n) is 7.48. The summed E-state index contributed by atoms with van der Waals surface area (Å²) in [5.74, 6) is 2.22. The molecule has 0 radical (unpaired) electrons. The average Bonchev–Trinajstić information content (AvgIpc) is 2.57. The Balaban J connectivity index is 2.43. The zero-order valence-corrected chi connectivity index (χ0v) is 13.9. The third-order valence-corrected chi connectivity index (χ3v) is 3.09. The van der Waals surface area contributed by atoms with Crippen molar-refractivity contribution in [2.75, 3.05) is 41.0 Å². The Morgan fingerprint density at radius 1 is 1.14 bits per heavy atom. The van der Waals surface area contributed by atoms with Crippen LogP contribution in [0.15, 0.2) is 23.2 Å². The average molecular weight is 309 g/mol. The maximum absolute atomic E-state index is 5.30. The summed E-state index contributed by atoms with van der Waals surface area (Å²) in [5.41, 5.74) is 1.09. The minimum atomic E-state index is 0.658. The van der Waals surface area contributed by atoms with E-state index in [1.165, 1.54) is 0 Å². The largest absolute Gasteiger partial charge is 0.493 e. The SMILES string of the molecule is CCOCCCNC(=NC)NCc1ccc(OC)c(OC)c1. The van der Waals surface area contributed by atoms with Crippen molar-refractivity contribution in [3.8, 4) is 11.5 Å². The minimum absolute atomic E-state index is 0.658. The quantitative estimate of drug-likeness (QED) is 0.414. The summed E-state index contributed by atoms with van der Waals surface area (Å²) in [6, 6.07) is 5.85. The van der Waals surface area contributed by atoms with Gasteiger partial charge in [0.2, 0.25) is 0 Å². The molecule has 0 saturated heterocycles. The molecule has 0 fully saturated rings. The normalized spacial score (nSPS) is 11.2. The fourth-order valence-corrected chi connectivity index (χ4v) is 1.92. The Kier molecular flexibility index (Phi) is 8.83. The van der Waals surface area contributed by atoms with Crippen molar-refractivity contribution in [1.82, 2.24) is 10.6 Å². The van der Waals surface area contributed by atoms with Gasteiger partial charge in [-0.25, -0.2) is 0 Å². The highest BCUT2D eigenvalue weighted by atomic mass is 16.5. The number of nitrogens with one attached hydrogen (secondary N) is 2. The summed E-state index contributed by atoms with van der Waals surface area (Å²) in [4.78, 5) is 4.19. The molecular formula is C16H27N3O3. The van der Waals surface area contributed by atoms with Crippen molar-refractivity contribution in [3.05, 3.63) is 23.8 Å². The van der Waals surface area contributed by atoms with E-state index in [0.717, 1.165) is 49.2 Å². The number of guanidine groups is 1. The number of aliphatic imine (C=N–C) groups is 1. The van der Waals surface area contributed by atoms with E-state index < -0.39 is 0 Å². The van der Waals surface area contributed by atoms with Gasteiger partial charge in [0.05, 0.1) is 14.2 Å². The van der Waals surface area contributed by atoms with Gasteiger partial charge in [0, 0.05) is 33.4 Å². The molecule has 0 atom stereocenters. The molecule has 1 aromatic rings. The summed E-state index contributed by atoms with van der Waals surface area (Å²) in [5, 5.41) is 6.52. The van der Waals surface area contributed by atoms with Crippen molar-refractivity contribution in [3.63, 3.8) is 0 Å². The van der Waals surface area contributed by atoms with Crippen LogP contribution in [0.5, 0.6) is 11.5 Å². The van der Waals surface area contributed by atoms with Crippen molar-refractivity contribution >= 4 is 5.96 Å². The van der Waals surface area contributed by atoms with Crippen molar-refractivity contribution < 1.29 is 14.2 Å². The Morgan fingerprint density at radius 3 is 2.55 bits per heavy atom. The smallest absolute Gasteiger partial charge is 0.191 e.